The summed E-state index contributed by atoms with van der Waals surface area (Å²) in [7, 11) is 1.48. The van der Waals surface area contributed by atoms with Gasteiger partial charge in [-0.2, -0.15) is 0 Å². The fourth-order valence-corrected chi connectivity index (χ4v) is 5.26. The van der Waals surface area contributed by atoms with Gasteiger partial charge in [0.15, 0.2) is 28.2 Å². The molecule has 0 atom stereocenters. The molecule has 0 bridgehead atoms. The lowest BCUT2D eigenvalue weighted by Gasteiger charge is -2.16. The number of fused-ring (bicyclic) bond motifs is 1. The topological polar surface area (TPSA) is 145 Å². The molecule has 1 fully saturated rings. The fourth-order valence-electron chi connectivity index (χ4n) is 4.82. The highest BCUT2D eigenvalue weighted by Crippen LogP contribution is 2.47. The smallest absolute Gasteiger partial charge is 0.240 e. The molecule has 0 spiro atoms. The van der Waals surface area contributed by atoms with Crippen molar-refractivity contribution in [2.24, 2.45) is 5.41 Å². The summed E-state index contributed by atoms with van der Waals surface area (Å²) in [5.74, 6) is -1.39. The molecule has 50 heavy (non-hydrogen) atoms. The molecule has 5 rings (SSSR count). The summed E-state index contributed by atoms with van der Waals surface area (Å²) in [5.41, 5.74) is -0.290. The van der Waals surface area contributed by atoms with E-state index in [1.807, 2.05) is 6.08 Å². The van der Waals surface area contributed by atoms with E-state index in [2.05, 4.69) is 20.9 Å². The van der Waals surface area contributed by atoms with Crippen molar-refractivity contribution >= 4 is 56.9 Å². The second kappa shape index (κ2) is 16.3. The first-order valence-electron chi connectivity index (χ1n) is 15.6. The van der Waals surface area contributed by atoms with Crippen LogP contribution in [0.5, 0.6) is 23.0 Å². The standard InChI is InChI=1S/C36H34F2N4O7S/c1-22(43)50-21-33(44)40-15-4-3-5-17-48-32-20-28-26(19-31(32)47-2)29(12-16-39-28)49-30-11-10-25(18-27(30)38)42-35(46)36(13-14-36)34(45)41-24-8-6-23(37)7-9-24/h3,5-12,16,18-20H,4,13-15,17,21H2,1-2H3,(H,40,44)(H,41,45)(H,42,46)/b5-3+. The largest absolute Gasteiger partial charge is 0.493 e. The van der Waals surface area contributed by atoms with Crippen LogP contribution in [0.25, 0.3) is 10.9 Å². The Morgan fingerprint density at radius 1 is 0.880 bits per heavy atom. The third kappa shape index (κ3) is 9.14. The van der Waals surface area contributed by atoms with E-state index in [0.717, 1.165) is 17.8 Å². The van der Waals surface area contributed by atoms with Crippen molar-refractivity contribution in [3.63, 3.8) is 0 Å². The Kier molecular flexibility index (Phi) is 11.6. The summed E-state index contributed by atoms with van der Waals surface area (Å²) >= 11 is 0.960. The number of nitrogens with zero attached hydrogens (tertiary/aromatic N) is 1. The highest BCUT2D eigenvalue weighted by Gasteiger charge is 2.56. The van der Waals surface area contributed by atoms with Gasteiger partial charge in [-0.15, -0.1) is 0 Å². The Morgan fingerprint density at radius 3 is 2.28 bits per heavy atom. The predicted octanol–water partition coefficient (Wildman–Crippen LogP) is 6.39. The van der Waals surface area contributed by atoms with E-state index >= 15 is 4.39 Å². The van der Waals surface area contributed by atoms with Gasteiger partial charge in [0.05, 0.1) is 18.4 Å². The molecule has 260 valence electrons. The molecule has 0 aliphatic heterocycles. The summed E-state index contributed by atoms with van der Waals surface area (Å²) in [4.78, 5) is 52.9. The van der Waals surface area contributed by atoms with Crippen LogP contribution in [0.1, 0.15) is 26.2 Å². The zero-order valence-corrected chi connectivity index (χ0v) is 28.0. The molecule has 1 heterocycles. The Bertz CT molecular complexity index is 1930. The Labute approximate surface area is 290 Å². The quantitative estimate of drug-likeness (QED) is 0.0728. The Balaban J connectivity index is 1.18. The van der Waals surface area contributed by atoms with Gasteiger partial charge in [0.1, 0.15) is 23.6 Å². The maximum absolute atomic E-state index is 15.3. The second-order valence-corrected chi connectivity index (χ2v) is 12.4. The van der Waals surface area contributed by atoms with Crippen molar-refractivity contribution in [3.8, 4) is 23.0 Å². The zero-order valence-electron chi connectivity index (χ0n) is 27.2. The fraction of sp³-hybridized carbons (Fsp3) is 0.250. The van der Waals surface area contributed by atoms with Crippen LogP contribution in [0, 0.1) is 17.0 Å². The minimum absolute atomic E-state index is 0.0945. The molecule has 3 aromatic carbocycles. The van der Waals surface area contributed by atoms with Crippen molar-refractivity contribution in [1.29, 1.82) is 0 Å². The van der Waals surface area contributed by atoms with Crippen molar-refractivity contribution in [3.05, 3.63) is 90.6 Å². The van der Waals surface area contributed by atoms with E-state index in [4.69, 9.17) is 14.2 Å². The Morgan fingerprint density at radius 2 is 1.60 bits per heavy atom. The number of nitrogens with one attached hydrogen (secondary N) is 3. The number of anilines is 2. The molecule has 11 nitrogen and oxygen atoms in total. The Hall–Kier alpha value is -5.50. The number of hydrogen-bond donors (Lipinski definition) is 3. The average molecular weight is 705 g/mol. The molecule has 1 aromatic heterocycles. The van der Waals surface area contributed by atoms with Gasteiger partial charge >= 0.3 is 0 Å². The summed E-state index contributed by atoms with van der Waals surface area (Å²) in [6.07, 6.45) is 6.39. The van der Waals surface area contributed by atoms with Gasteiger partial charge in [0, 0.05) is 48.6 Å². The number of benzene rings is 3. The number of pyridine rings is 1. The number of thioether (sulfide) groups is 1. The molecule has 0 unspecified atom stereocenters. The summed E-state index contributed by atoms with van der Waals surface area (Å²) < 4.78 is 45.8. The number of rotatable bonds is 15. The number of carbonyl (C=O) groups excluding carboxylic acids is 4. The van der Waals surface area contributed by atoms with E-state index in [9.17, 15) is 23.6 Å². The molecule has 3 N–H and O–H groups in total. The second-order valence-electron chi connectivity index (χ2n) is 11.3. The van der Waals surface area contributed by atoms with Crippen LogP contribution in [0.2, 0.25) is 0 Å². The van der Waals surface area contributed by atoms with Crippen LogP contribution >= 0.6 is 11.8 Å². The molecule has 1 aliphatic rings. The van der Waals surface area contributed by atoms with Crippen LogP contribution in [-0.4, -0.2) is 53.8 Å². The summed E-state index contributed by atoms with van der Waals surface area (Å²) in [6, 6.07) is 14.1. The lowest BCUT2D eigenvalue weighted by Crippen LogP contribution is -2.35. The average Bonchev–Trinajstić information content (AvgIpc) is 3.91. The highest BCUT2D eigenvalue weighted by molar-refractivity contribution is 8.14. The zero-order chi connectivity index (χ0) is 35.7. The highest BCUT2D eigenvalue weighted by atomic mass is 32.2. The first kappa shape index (κ1) is 35.8. The van der Waals surface area contributed by atoms with Crippen molar-refractivity contribution < 1.29 is 42.2 Å². The maximum Gasteiger partial charge on any atom is 0.240 e. The van der Waals surface area contributed by atoms with E-state index in [1.54, 1.807) is 24.3 Å². The van der Waals surface area contributed by atoms with Gasteiger partial charge in [0.25, 0.3) is 0 Å². The molecule has 3 amide bonds. The molecule has 1 saturated carbocycles. The lowest BCUT2D eigenvalue weighted by atomic mass is 10.0. The van der Waals surface area contributed by atoms with E-state index in [0.29, 0.717) is 59.6 Å². The number of amides is 3. The van der Waals surface area contributed by atoms with Gasteiger partial charge in [-0.05, 0) is 67.8 Å². The molecule has 14 heteroatoms. The molecule has 1 aliphatic carbocycles. The van der Waals surface area contributed by atoms with Crippen LogP contribution in [-0.2, 0) is 19.2 Å². The molecular weight excluding hydrogens is 670 g/mol. The molecular formula is C36H34F2N4O7S. The SMILES string of the molecule is COc1cc2c(Oc3ccc(NC(=O)C4(C(=O)Nc5ccc(F)cc5)CC4)cc3F)ccnc2cc1OC/C=C/CCNC(=O)CSC(C)=O. The molecule has 4 aromatic rings. The number of methoxy groups -OCH3 is 1. The molecule has 0 radical (unpaired) electrons. The van der Waals surface area contributed by atoms with E-state index in [1.165, 1.54) is 56.6 Å². The normalized spacial score (nSPS) is 13.0. The minimum Gasteiger partial charge on any atom is -0.493 e. The lowest BCUT2D eigenvalue weighted by molar-refractivity contribution is -0.131. The first-order valence-corrected chi connectivity index (χ1v) is 16.6. The third-order valence-corrected chi connectivity index (χ3v) is 8.47. The third-order valence-electron chi connectivity index (χ3n) is 7.66. The number of hydrogen-bond acceptors (Lipinski definition) is 9. The van der Waals surface area contributed by atoms with Crippen molar-refractivity contribution in [1.82, 2.24) is 10.3 Å². The van der Waals surface area contributed by atoms with Crippen LogP contribution < -0.4 is 30.2 Å². The number of halogens is 2. The van der Waals surface area contributed by atoms with E-state index < -0.39 is 28.9 Å². The van der Waals surface area contributed by atoms with Crippen LogP contribution in [0.15, 0.2) is 79.0 Å². The number of ether oxygens (including phenoxy) is 3. The number of carbonyl (C=O) groups is 4. The maximum atomic E-state index is 15.3. The van der Waals surface area contributed by atoms with Crippen LogP contribution in [0.4, 0.5) is 20.2 Å². The summed E-state index contributed by atoms with van der Waals surface area (Å²) in [5, 5.41) is 8.41. The predicted molar refractivity (Wildman–Crippen MR) is 185 cm³/mol. The molecule has 0 saturated heterocycles. The number of aromatic nitrogens is 1. The van der Waals surface area contributed by atoms with Gasteiger partial charge < -0.3 is 30.2 Å². The van der Waals surface area contributed by atoms with Gasteiger partial charge in [-0.3, -0.25) is 24.2 Å². The van der Waals surface area contributed by atoms with Crippen LogP contribution in [0.3, 0.4) is 0 Å². The monoisotopic (exact) mass is 704 g/mol. The van der Waals surface area contributed by atoms with E-state index in [-0.39, 0.29) is 34.8 Å². The van der Waals surface area contributed by atoms with Gasteiger partial charge in [0.2, 0.25) is 17.7 Å². The van der Waals surface area contributed by atoms with Gasteiger partial charge in [-0.25, -0.2) is 8.78 Å². The van der Waals surface area contributed by atoms with Crippen molar-refractivity contribution in [2.45, 2.75) is 26.2 Å². The van der Waals surface area contributed by atoms with Crippen molar-refractivity contribution in [2.75, 3.05) is 36.6 Å². The summed E-state index contributed by atoms with van der Waals surface area (Å²) in [6.45, 7) is 2.06. The minimum atomic E-state index is -1.30. The first-order chi connectivity index (χ1) is 24.1. The van der Waals surface area contributed by atoms with Gasteiger partial charge in [-0.1, -0.05) is 23.9 Å².